The maximum Gasteiger partial charge on any atom is 0.410 e. The topological polar surface area (TPSA) is 116 Å². The third kappa shape index (κ3) is 7.65. The van der Waals surface area contributed by atoms with Crippen molar-refractivity contribution < 1.29 is 19.1 Å². The van der Waals surface area contributed by atoms with E-state index in [0.717, 1.165) is 36.1 Å². The number of piperidine rings is 1. The first-order valence-electron chi connectivity index (χ1n) is 16.6. The molecule has 0 aliphatic carbocycles. The number of aromatic amines is 1. The number of aryl methyl sites for hydroxylation is 1. The zero-order chi connectivity index (χ0) is 33.8. The highest BCUT2D eigenvalue weighted by Crippen LogP contribution is 2.48. The van der Waals surface area contributed by atoms with Crippen molar-refractivity contribution in [3.8, 4) is 0 Å². The summed E-state index contributed by atoms with van der Waals surface area (Å²) in [5.41, 5.74) is 2.96. The normalized spacial score (nSPS) is 20.2. The summed E-state index contributed by atoms with van der Waals surface area (Å²) in [7, 11) is 1.68. The molecule has 0 saturated carbocycles. The molecule has 46 heavy (non-hydrogen) atoms. The van der Waals surface area contributed by atoms with E-state index >= 15 is 0 Å². The van der Waals surface area contributed by atoms with E-state index < -0.39 is 5.60 Å². The molecule has 3 atom stereocenters. The van der Waals surface area contributed by atoms with Gasteiger partial charge in [-0.15, -0.1) is 0 Å². The zero-order valence-electron chi connectivity index (χ0n) is 29.2. The molecular formula is C36H53N5O5. The zero-order valence-corrected chi connectivity index (χ0v) is 29.2. The monoisotopic (exact) mass is 635 g/mol. The Hall–Kier alpha value is -3.66. The van der Waals surface area contributed by atoms with Gasteiger partial charge in [-0.2, -0.15) is 0 Å². The predicted molar refractivity (Wildman–Crippen MR) is 183 cm³/mol. The lowest BCUT2D eigenvalue weighted by Crippen LogP contribution is -2.47. The number of amidine groups is 1. The number of morpholine rings is 1. The molecule has 2 N–H and O–H groups in total. The van der Waals surface area contributed by atoms with Crippen molar-refractivity contribution >= 4 is 23.5 Å². The number of carbonyl (C=O) groups excluding carboxylic acids is 2. The molecule has 4 rings (SSSR count). The molecule has 3 heterocycles. The number of ether oxygens (including phenoxy) is 2. The van der Waals surface area contributed by atoms with Gasteiger partial charge >= 0.3 is 6.09 Å². The second-order valence-corrected chi connectivity index (χ2v) is 14.0. The summed E-state index contributed by atoms with van der Waals surface area (Å²) in [6, 6.07) is 7.64. The molecule has 0 radical (unpaired) electrons. The average molecular weight is 636 g/mol. The number of likely N-dealkylation sites (tertiary alicyclic amines) is 1. The van der Waals surface area contributed by atoms with E-state index in [4.69, 9.17) is 9.47 Å². The maximum absolute atomic E-state index is 13.4. The number of aliphatic imine (C=N–C) groups is 1. The fourth-order valence-corrected chi connectivity index (χ4v) is 7.04. The van der Waals surface area contributed by atoms with Gasteiger partial charge in [-0.05, 0) is 100 Å². The van der Waals surface area contributed by atoms with Crippen LogP contribution in [0.15, 0.2) is 40.2 Å². The smallest absolute Gasteiger partial charge is 0.410 e. The van der Waals surface area contributed by atoms with Gasteiger partial charge in [0, 0.05) is 44.1 Å². The first-order chi connectivity index (χ1) is 21.7. The van der Waals surface area contributed by atoms with Gasteiger partial charge in [0.25, 0.3) is 11.5 Å². The van der Waals surface area contributed by atoms with Crippen molar-refractivity contribution in [1.29, 1.82) is 0 Å². The quantitative estimate of drug-likeness (QED) is 0.277. The van der Waals surface area contributed by atoms with Gasteiger partial charge < -0.3 is 29.6 Å². The molecule has 2 saturated heterocycles. The summed E-state index contributed by atoms with van der Waals surface area (Å²) in [6.45, 7) is 19.2. The molecule has 2 fully saturated rings. The lowest BCUT2D eigenvalue weighted by molar-refractivity contribution is -0.00265. The Bertz CT molecular complexity index is 1480. The van der Waals surface area contributed by atoms with Crippen molar-refractivity contribution in [2.24, 2.45) is 16.3 Å². The first-order valence-corrected chi connectivity index (χ1v) is 16.6. The Labute approximate surface area is 273 Å². The van der Waals surface area contributed by atoms with Crippen LogP contribution in [0.3, 0.4) is 0 Å². The lowest BCUT2D eigenvalue weighted by Gasteiger charge is -2.47. The van der Waals surface area contributed by atoms with Gasteiger partial charge in [-0.1, -0.05) is 27.2 Å². The Morgan fingerprint density at radius 1 is 1.17 bits per heavy atom. The van der Waals surface area contributed by atoms with Crippen molar-refractivity contribution in [1.82, 2.24) is 14.8 Å². The molecule has 2 aliphatic rings. The van der Waals surface area contributed by atoms with Crippen LogP contribution in [0.5, 0.6) is 0 Å². The predicted octanol–water partition coefficient (Wildman–Crippen LogP) is 6.20. The molecule has 0 spiro atoms. The summed E-state index contributed by atoms with van der Waals surface area (Å²) in [4.78, 5) is 50.6. The summed E-state index contributed by atoms with van der Waals surface area (Å²) in [5.74, 6) is 0.741. The third-order valence-corrected chi connectivity index (χ3v) is 10.1. The number of nitrogens with zero attached hydrogens (tertiary/aromatic N) is 3. The van der Waals surface area contributed by atoms with E-state index in [0.29, 0.717) is 49.8 Å². The molecular weight excluding hydrogens is 582 g/mol. The Morgan fingerprint density at radius 2 is 1.87 bits per heavy atom. The van der Waals surface area contributed by atoms with Crippen LogP contribution in [0, 0.1) is 18.3 Å². The van der Waals surface area contributed by atoms with Crippen LogP contribution in [-0.2, 0) is 9.47 Å². The van der Waals surface area contributed by atoms with Gasteiger partial charge in [-0.25, -0.2) is 4.79 Å². The highest BCUT2D eigenvalue weighted by atomic mass is 16.6. The highest BCUT2D eigenvalue weighted by molar-refractivity contribution is 6.09. The third-order valence-electron chi connectivity index (χ3n) is 10.1. The summed E-state index contributed by atoms with van der Waals surface area (Å²) in [5, 5.41) is 3.38. The van der Waals surface area contributed by atoms with Crippen LogP contribution < -0.4 is 10.9 Å². The number of pyridine rings is 1. The van der Waals surface area contributed by atoms with E-state index in [1.807, 2.05) is 68.7 Å². The number of aromatic nitrogens is 1. The van der Waals surface area contributed by atoms with Crippen LogP contribution in [0.25, 0.3) is 0 Å². The Balaban J connectivity index is 1.54. The lowest BCUT2D eigenvalue weighted by atomic mass is 9.62. The summed E-state index contributed by atoms with van der Waals surface area (Å²) in [6.07, 6.45) is 4.16. The number of nitrogens with one attached hydrogen (secondary N) is 2. The second kappa shape index (κ2) is 14.4. The number of H-pyrrole nitrogens is 1. The van der Waals surface area contributed by atoms with Crippen molar-refractivity contribution in [2.75, 3.05) is 45.2 Å². The van der Waals surface area contributed by atoms with Crippen LogP contribution in [0.4, 0.5) is 10.5 Å². The number of rotatable bonds is 7. The Morgan fingerprint density at radius 3 is 2.46 bits per heavy atom. The van der Waals surface area contributed by atoms with Crippen LogP contribution in [0.2, 0.25) is 0 Å². The van der Waals surface area contributed by atoms with Crippen LogP contribution >= 0.6 is 0 Å². The van der Waals surface area contributed by atoms with Crippen molar-refractivity contribution in [2.45, 2.75) is 92.2 Å². The fourth-order valence-electron chi connectivity index (χ4n) is 7.04. The van der Waals surface area contributed by atoms with E-state index in [1.165, 1.54) is 0 Å². The molecule has 10 heteroatoms. The highest BCUT2D eigenvalue weighted by Gasteiger charge is 2.42. The maximum atomic E-state index is 13.4. The van der Waals surface area contributed by atoms with Crippen molar-refractivity contribution in [3.63, 3.8) is 0 Å². The number of benzene rings is 1. The minimum Gasteiger partial charge on any atom is -0.444 e. The van der Waals surface area contributed by atoms with E-state index in [2.05, 4.69) is 36.1 Å². The standard InChI is InChI=1S/C36H53N5O5/c1-10-36(14-17-40(18-15-36)34(44)46-35(6,7)8)26(5)25(4)29-13-16-38-32(42)30(29)31(37-9)39-27-11-12-28(23(2)21-27)33(43)41-19-20-45-22-24(41)3/h11-13,16,21,24-26H,10,14-15,17-20,22H2,1-9H3,(H,37,39)(H,38,42). The van der Waals surface area contributed by atoms with E-state index in [-0.39, 0.29) is 40.9 Å². The van der Waals surface area contributed by atoms with Crippen LogP contribution in [0.1, 0.15) is 101 Å². The Kier molecular flexibility index (Phi) is 11.0. The molecule has 2 amide bonds. The largest absolute Gasteiger partial charge is 0.444 e. The van der Waals surface area contributed by atoms with Gasteiger partial charge in [0.15, 0.2) is 0 Å². The molecule has 10 nitrogen and oxygen atoms in total. The van der Waals surface area contributed by atoms with Gasteiger partial charge in [0.05, 0.1) is 24.8 Å². The molecule has 1 aromatic heterocycles. The first kappa shape index (κ1) is 35.2. The summed E-state index contributed by atoms with van der Waals surface area (Å²) < 4.78 is 11.1. The van der Waals surface area contributed by atoms with Gasteiger partial charge in [0.1, 0.15) is 11.4 Å². The molecule has 2 aliphatic heterocycles. The summed E-state index contributed by atoms with van der Waals surface area (Å²) >= 11 is 0. The molecule has 2 aromatic rings. The van der Waals surface area contributed by atoms with Crippen LogP contribution in [-0.4, -0.2) is 84.2 Å². The molecule has 3 unspecified atom stereocenters. The number of carbonyl (C=O) groups is 2. The van der Waals surface area contributed by atoms with Crippen molar-refractivity contribution in [3.05, 3.63) is 63.1 Å². The number of amides is 2. The molecule has 1 aromatic carbocycles. The van der Waals surface area contributed by atoms with Gasteiger partial charge in [-0.3, -0.25) is 14.6 Å². The number of hydrogen-bond donors (Lipinski definition) is 2. The number of hydrogen-bond acceptors (Lipinski definition) is 6. The molecule has 252 valence electrons. The minimum atomic E-state index is -0.526. The number of anilines is 1. The van der Waals surface area contributed by atoms with E-state index in [9.17, 15) is 14.4 Å². The van der Waals surface area contributed by atoms with E-state index in [1.54, 1.807) is 13.2 Å². The minimum absolute atomic E-state index is 0.00406. The molecule has 0 bridgehead atoms. The average Bonchev–Trinajstić information content (AvgIpc) is 3.02. The fraction of sp³-hybridized carbons (Fsp3) is 0.611. The van der Waals surface area contributed by atoms with Gasteiger partial charge in [0.2, 0.25) is 0 Å². The SMILES string of the molecule is CCC1(C(C)C(C)c2cc[nH]c(=O)c2/C(=N\C)Nc2ccc(C(=O)N3CCOCC3C)c(C)c2)CCN(C(=O)OC(C)(C)C)CC1. The second-order valence-electron chi connectivity index (χ2n) is 14.0.